The summed E-state index contributed by atoms with van der Waals surface area (Å²) in [4.78, 5) is 32.4. The molecule has 0 aliphatic rings. The van der Waals surface area contributed by atoms with Crippen molar-refractivity contribution in [2.24, 2.45) is 38.9 Å². The lowest BCUT2D eigenvalue weighted by atomic mass is 9.57. The van der Waals surface area contributed by atoms with E-state index in [1.165, 1.54) is 7.11 Å². The topological polar surface area (TPSA) is 103 Å². The Balaban J connectivity index is 1.87. The summed E-state index contributed by atoms with van der Waals surface area (Å²) in [5.74, 6) is 0.200. The van der Waals surface area contributed by atoms with Crippen LogP contribution in [0.1, 0.15) is 126 Å². The van der Waals surface area contributed by atoms with Gasteiger partial charge in [0.15, 0.2) is 0 Å². The van der Waals surface area contributed by atoms with Gasteiger partial charge >= 0.3 is 11.9 Å². The summed E-state index contributed by atoms with van der Waals surface area (Å²) in [6.45, 7) is 30.3. The summed E-state index contributed by atoms with van der Waals surface area (Å²) in [6.07, 6.45) is 5.14. The zero-order valence-corrected chi connectivity index (χ0v) is 38.3. The third-order valence-electron chi connectivity index (χ3n) is 12.3. The number of methoxy groups -OCH3 is 1. The lowest BCUT2D eigenvalue weighted by molar-refractivity contribution is -0.169. The summed E-state index contributed by atoms with van der Waals surface area (Å²) < 4.78 is 32.9. The molecule has 0 amide bonds. The largest absolute Gasteiger partial charge is 0.490 e. The van der Waals surface area contributed by atoms with E-state index in [-0.39, 0.29) is 42.4 Å². The Hall–Kier alpha value is -3.84. The zero-order chi connectivity index (χ0) is 43.4. The molecular formula is C47H68FN3O5S. The molecule has 2 aromatic carbocycles. The van der Waals surface area contributed by atoms with Gasteiger partial charge in [-0.25, -0.2) is 4.98 Å². The third-order valence-corrected chi connectivity index (χ3v) is 12.9. The molecule has 1 heterocycles. The summed E-state index contributed by atoms with van der Waals surface area (Å²) in [5.41, 5.74) is 1.65. The maximum Gasteiger partial charge on any atom is 0.312 e. The van der Waals surface area contributed by atoms with Crippen molar-refractivity contribution in [1.29, 1.82) is 5.26 Å². The predicted molar refractivity (Wildman–Crippen MR) is 230 cm³/mol. The van der Waals surface area contributed by atoms with Crippen molar-refractivity contribution in [2.45, 2.75) is 128 Å². The van der Waals surface area contributed by atoms with Gasteiger partial charge in [0.1, 0.15) is 24.8 Å². The van der Waals surface area contributed by atoms with Crippen LogP contribution in [0.15, 0.2) is 48.8 Å². The second-order valence-corrected chi connectivity index (χ2v) is 21.0. The molecule has 10 heteroatoms. The molecule has 4 unspecified atom stereocenters. The number of nitrogens with zero attached hydrogens (tertiary/aromatic N) is 3. The minimum Gasteiger partial charge on any atom is -0.490 e. The lowest BCUT2D eigenvalue weighted by Gasteiger charge is -2.46. The molecule has 0 bridgehead atoms. The van der Waals surface area contributed by atoms with Crippen LogP contribution in [0.3, 0.4) is 0 Å². The van der Waals surface area contributed by atoms with Gasteiger partial charge < -0.3 is 14.2 Å². The molecule has 3 rings (SSSR count). The van der Waals surface area contributed by atoms with E-state index in [0.29, 0.717) is 37.2 Å². The first kappa shape index (κ1) is 47.5. The Kier molecular flexibility index (Phi) is 15.0. The smallest absolute Gasteiger partial charge is 0.312 e. The van der Waals surface area contributed by atoms with E-state index in [9.17, 15) is 18.7 Å². The van der Waals surface area contributed by atoms with Crippen LogP contribution in [0.5, 0.6) is 5.75 Å². The van der Waals surface area contributed by atoms with Crippen LogP contribution in [0.25, 0.3) is 17.1 Å². The predicted octanol–water partition coefficient (Wildman–Crippen LogP) is 12.2. The summed E-state index contributed by atoms with van der Waals surface area (Å²) in [6, 6.07) is 14.2. The van der Waals surface area contributed by atoms with E-state index in [2.05, 4.69) is 40.7 Å². The molecule has 314 valence electrons. The molecule has 0 fully saturated rings. The fourth-order valence-electron chi connectivity index (χ4n) is 8.14. The van der Waals surface area contributed by atoms with Crippen molar-refractivity contribution in [3.63, 3.8) is 0 Å². The van der Waals surface area contributed by atoms with Crippen molar-refractivity contribution in [3.05, 3.63) is 65.5 Å². The molecule has 4 atom stereocenters. The normalized spacial score (nSPS) is 15.8. The van der Waals surface area contributed by atoms with E-state index in [0.717, 1.165) is 33.8 Å². The molecule has 1 aromatic heterocycles. The van der Waals surface area contributed by atoms with E-state index in [1.54, 1.807) is 6.20 Å². The highest BCUT2D eigenvalue weighted by atomic mass is 32.2. The molecule has 0 aliphatic carbocycles. The number of hydrogen-bond acceptors (Lipinski definition) is 8. The van der Waals surface area contributed by atoms with E-state index >= 15 is 0 Å². The van der Waals surface area contributed by atoms with Crippen molar-refractivity contribution in [3.8, 4) is 28.9 Å². The standard InChI is InChI=1S/C47H68FN3O5S/c1-31-25-35(26-32(2)38(31)51-22-21-50-39(51)36-19-17-18-20-37(36)45(12,13)57-48)55-23-24-56-40(52)46(14,30-44(10,11)28-34(29-49)42(4,5)6)33(3)27-47(15,41(53)54-16)43(7,8)9/h17-22,25-26,33-34H,23-24,27-28,30H2,1-16H3. The third kappa shape index (κ3) is 10.8. The first-order chi connectivity index (χ1) is 26.2. The number of aryl methyl sites for hydroxylation is 2. The molecule has 3 aromatic rings. The van der Waals surface area contributed by atoms with Crippen LogP contribution in [-0.4, -0.2) is 41.8 Å². The fourth-order valence-corrected chi connectivity index (χ4v) is 8.40. The molecule has 0 aliphatic heterocycles. The SMILES string of the molecule is COC(=O)C(C)(CC(C)C(C)(CC(C)(C)CC(C#N)C(C)(C)C)C(=O)OCCOc1cc(C)c(-n2ccnc2-c2ccccc2C(C)(C)SF)c(C)c1)C(C)(C)C. The van der Waals surface area contributed by atoms with Crippen LogP contribution in [0, 0.1) is 64.1 Å². The minimum absolute atomic E-state index is 0.0303. The fraction of sp³-hybridized carbons (Fsp3) is 0.617. The zero-order valence-electron chi connectivity index (χ0n) is 37.5. The van der Waals surface area contributed by atoms with Crippen molar-refractivity contribution >= 4 is 24.1 Å². The van der Waals surface area contributed by atoms with Gasteiger partial charge in [-0.1, -0.05) is 86.6 Å². The lowest BCUT2D eigenvalue weighted by Crippen LogP contribution is -2.48. The number of aromatic nitrogens is 2. The van der Waals surface area contributed by atoms with Crippen LogP contribution < -0.4 is 4.74 Å². The second-order valence-electron chi connectivity index (χ2n) is 19.8. The van der Waals surface area contributed by atoms with Gasteiger partial charge in [0.05, 0.1) is 52.5 Å². The Bertz CT molecular complexity index is 1890. The van der Waals surface area contributed by atoms with E-state index < -0.39 is 26.4 Å². The maximum atomic E-state index is 14.4. The Morgan fingerprint density at radius 3 is 2.04 bits per heavy atom. The van der Waals surface area contributed by atoms with Crippen LogP contribution in [0.2, 0.25) is 0 Å². The number of nitriles is 1. The number of rotatable bonds is 17. The molecule has 57 heavy (non-hydrogen) atoms. The van der Waals surface area contributed by atoms with Gasteiger partial charge in [0.25, 0.3) is 0 Å². The monoisotopic (exact) mass is 805 g/mol. The highest BCUT2D eigenvalue weighted by Crippen LogP contribution is 2.52. The van der Waals surface area contributed by atoms with Crippen molar-refractivity contribution in [1.82, 2.24) is 9.55 Å². The number of esters is 2. The Labute approximate surface area is 347 Å². The summed E-state index contributed by atoms with van der Waals surface area (Å²) in [7, 11) is 1.41. The average Bonchev–Trinajstić information content (AvgIpc) is 3.59. The minimum atomic E-state index is -0.990. The van der Waals surface area contributed by atoms with Gasteiger partial charge in [-0.3, -0.25) is 14.2 Å². The number of halogens is 1. The molecule has 0 saturated carbocycles. The molecule has 0 radical (unpaired) electrons. The van der Waals surface area contributed by atoms with E-state index in [4.69, 9.17) is 19.2 Å². The van der Waals surface area contributed by atoms with E-state index in [1.807, 2.05) is 116 Å². The maximum absolute atomic E-state index is 14.4. The Morgan fingerprint density at radius 2 is 1.51 bits per heavy atom. The van der Waals surface area contributed by atoms with Gasteiger partial charge in [0, 0.05) is 18.0 Å². The number of hydrogen-bond donors (Lipinski definition) is 0. The van der Waals surface area contributed by atoms with Gasteiger partial charge in [-0.2, -0.15) is 9.15 Å². The van der Waals surface area contributed by atoms with Crippen molar-refractivity contribution in [2.75, 3.05) is 20.3 Å². The summed E-state index contributed by atoms with van der Waals surface area (Å²) >= 11 is 0.313. The second kappa shape index (κ2) is 18.0. The van der Waals surface area contributed by atoms with Crippen LogP contribution in [-0.2, 0) is 23.8 Å². The first-order valence-corrected chi connectivity index (χ1v) is 20.7. The molecule has 8 nitrogen and oxygen atoms in total. The molecule has 0 spiro atoms. The van der Waals surface area contributed by atoms with Gasteiger partial charge in [0.2, 0.25) is 0 Å². The van der Waals surface area contributed by atoms with Gasteiger partial charge in [-0.05, 0) is 112 Å². The average molecular weight is 806 g/mol. The summed E-state index contributed by atoms with van der Waals surface area (Å²) in [5, 5.41) is 10.1. The van der Waals surface area contributed by atoms with Crippen LogP contribution in [0.4, 0.5) is 3.89 Å². The molecule has 0 saturated heterocycles. The van der Waals surface area contributed by atoms with Gasteiger partial charge in [-0.15, -0.1) is 0 Å². The highest BCUT2D eigenvalue weighted by molar-refractivity contribution is 7.95. The molecular weight excluding hydrogens is 738 g/mol. The highest BCUT2D eigenvalue weighted by Gasteiger charge is 2.52. The number of benzene rings is 2. The number of ether oxygens (including phenoxy) is 3. The Morgan fingerprint density at radius 1 is 0.912 bits per heavy atom. The van der Waals surface area contributed by atoms with Crippen LogP contribution >= 0.6 is 12.1 Å². The number of carbonyl (C=O) groups excluding carboxylic acids is 2. The number of imidazole rings is 1. The molecule has 0 N–H and O–H groups in total. The first-order valence-electron chi connectivity index (χ1n) is 20.0. The number of carbonyl (C=O) groups is 2. The van der Waals surface area contributed by atoms with Crippen molar-refractivity contribution < 1.29 is 27.7 Å². The quantitative estimate of drug-likeness (QED) is 0.0981.